The predicted octanol–water partition coefficient (Wildman–Crippen LogP) is 1.50. The van der Waals surface area contributed by atoms with Crippen molar-refractivity contribution < 1.29 is 14.3 Å². The first-order valence-electron chi connectivity index (χ1n) is 7.42. The third-order valence-corrected chi connectivity index (χ3v) is 4.30. The van der Waals surface area contributed by atoms with Crippen molar-refractivity contribution in [3.05, 3.63) is 42.0 Å². The van der Waals surface area contributed by atoms with Crippen LogP contribution in [0.5, 0.6) is 0 Å². The summed E-state index contributed by atoms with van der Waals surface area (Å²) in [5.41, 5.74) is 0.819. The summed E-state index contributed by atoms with van der Waals surface area (Å²) >= 11 is 0. The molecular formula is C15H15N5O3. The Hall–Kier alpha value is -2.90. The summed E-state index contributed by atoms with van der Waals surface area (Å²) in [6, 6.07) is 7.53. The summed E-state index contributed by atoms with van der Waals surface area (Å²) in [6.45, 7) is 0.894. The zero-order valence-electron chi connectivity index (χ0n) is 12.3. The number of piperidine rings is 1. The number of carbonyl (C=O) groups is 2. The molecule has 8 nitrogen and oxygen atoms in total. The number of amides is 2. The molecule has 0 radical (unpaired) electrons. The maximum atomic E-state index is 12.5. The molecule has 2 amide bonds. The minimum absolute atomic E-state index is 0.190. The molecule has 118 valence electrons. The number of nitrogens with zero attached hydrogens (tertiary/aromatic N) is 3. The molecule has 0 bridgehead atoms. The van der Waals surface area contributed by atoms with Crippen molar-refractivity contribution >= 4 is 17.7 Å². The highest BCUT2D eigenvalue weighted by Gasteiger charge is 2.46. The van der Waals surface area contributed by atoms with E-state index in [2.05, 4.69) is 20.5 Å². The van der Waals surface area contributed by atoms with Gasteiger partial charge in [0, 0.05) is 12.1 Å². The zero-order valence-corrected chi connectivity index (χ0v) is 12.3. The summed E-state index contributed by atoms with van der Waals surface area (Å²) in [4.78, 5) is 30.0. The number of hydrogen-bond acceptors (Lipinski definition) is 5. The predicted molar refractivity (Wildman–Crippen MR) is 79.7 cm³/mol. The van der Waals surface area contributed by atoms with Crippen LogP contribution >= 0.6 is 0 Å². The van der Waals surface area contributed by atoms with Gasteiger partial charge in [-0.2, -0.15) is 5.10 Å². The van der Waals surface area contributed by atoms with Crippen molar-refractivity contribution in [1.29, 1.82) is 0 Å². The highest BCUT2D eigenvalue weighted by Crippen LogP contribution is 2.42. The lowest BCUT2D eigenvalue weighted by atomic mass is 9.83. The SMILES string of the molecule is O=C1Nc2ccccc2C2(CCCN(C(=O)c3ncn[nH]3)C2)O1. The van der Waals surface area contributed by atoms with E-state index < -0.39 is 11.7 Å². The van der Waals surface area contributed by atoms with Crippen molar-refractivity contribution in [2.45, 2.75) is 18.4 Å². The van der Waals surface area contributed by atoms with Crippen LogP contribution in [0.1, 0.15) is 29.0 Å². The first kappa shape index (κ1) is 13.7. The molecule has 1 saturated heterocycles. The van der Waals surface area contributed by atoms with E-state index in [-0.39, 0.29) is 11.7 Å². The molecule has 2 aromatic rings. The number of aromatic amines is 1. The lowest BCUT2D eigenvalue weighted by molar-refractivity contribution is -0.0399. The Bertz CT molecular complexity index is 760. The van der Waals surface area contributed by atoms with Crippen molar-refractivity contribution in [1.82, 2.24) is 20.1 Å². The van der Waals surface area contributed by atoms with Crippen LogP contribution < -0.4 is 5.32 Å². The van der Waals surface area contributed by atoms with E-state index in [0.717, 1.165) is 17.7 Å². The van der Waals surface area contributed by atoms with Crippen molar-refractivity contribution in [2.75, 3.05) is 18.4 Å². The standard InChI is InChI=1S/C15H15N5O3/c21-13(12-16-9-17-19-12)20-7-3-6-15(8-20)10-4-1-2-5-11(10)18-14(22)23-15/h1-2,4-5,9H,3,6-8H2,(H,18,22)(H,16,17,19). The van der Waals surface area contributed by atoms with E-state index >= 15 is 0 Å². The van der Waals surface area contributed by atoms with Gasteiger partial charge in [-0.3, -0.25) is 15.2 Å². The number of H-pyrrole nitrogens is 1. The van der Waals surface area contributed by atoms with Gasteiger partial charge in [-0.15, -0.1) is 0 Å². The number of benzene rings is 1. The van der Waals surface area contributed by atoms with Crippen molar-refractivity contribution in [3.8, 4) is 0 Å². The fourth-order valence-electron chi connectivity index (χ4n) is 3.31. The minimum atomic E-state index is -0.813. The average Bonchev–Trinajstić information content (AvgIpc) is 3.08. The Morgan fingerprint density at radius 1 is 1.35 bits per heavy atom. The summed E-state index contributed by atoms with van der Waals surface area (Å²) in [5, 5.41) is 9.00. The number of anilines is 1. The monoisotopic (exact) mass is 313 g/mol. The largest absolute Gasteiger partial charge is 0.436 e. The number of likely N-dealkylation sites (tertiary alicyclic amines) is 1. The van der Waals surface area contributed by atoms with Gasteiger partial charge in [0.25, 0.3) is 5.91 Å². The summed E-state index contributed by atoms with van der Waals surface area (Å²) < 4.78 is 5.65. The Balaban J connectivity index is 1.69. The number of aromatic nitrogens is 3. The Kier molecular flexibility index (Phi) is 3.03. The highest BCUT2D eigenvalue weighted by molar-refractivity contribution is 5.91. The average molecular weight is 313 g/mol. The molecule has 1 aromatic carbocycles. The highest BCUT2D eigenvalue weighted by atomic mass is 16.6. The van der Waals surface area contributed by atoms with Crippen LogP contribution in [-0.2, 0) is 10.3 Å². The molecule has 1 spiro atoms. The molecule has 1 atom stereocenters. The zero-order chi connectivity index (χ0) is 15.9. The third kappa shape index (κ3) is 2.23. The topological polar surface area (TPSA) is 100 Å². The van der Waals surface area contributed by atoms with Gasteiger partial charge < -0.3 is 9.64 Å². The van der Waals surface area contributed by atoms with Gasteiger partial charge in [-0.25, -0.2) is 9.78 Å². The van der Waals surface area contributed by atoms with Gasteiger partial charge in [0.1, 0.15) is 6.33 Å². The van der Waals surface area contributed by atoms with Crippen LogP contribution in [0.2, 0.25) is 0 Å². The second-order valence-corrected chi connectivity index (χ2v) is 5.72. The van der Waals surface area contributed by atoms with E-state index in [1.165, 1.54) is 6.33 Å². The van der Waals surface area contributed by atoms with Crippen molar-refractivity contribution in [3.63, 3.8) is 0 Å². The first-order valence-corrected chi connectivity index (χ1v) is 7.42. The normalized spacial score (nSPS) is 23.1. The number of para-hydroxylation sites is 1. The third-order valence-electron chi connectivity index (χ3n) is 4.30. The van der Waals surface area contributed by atoms with Crippen LogP contribution in [0.25, 0.3) is 0 Å². The molecule has 2 aliphatic rings. The van der Waals surface area contributed by atoms with Crippen LogP contribution in [0.3, 0.4) is 0 Å². The van der Waals surface area contributed by atoms with Crippen LogP contribution in [-0.4, -0.2) is 45.2 Å². The Labute approximate surface area is 131 Å². The second-order valence-electron chi connectivity index (χ2n) is 5.72. The van der Waals surface area contributed by atoms with Gasteiger partial charge in [0.15, 0.2) is 5.60 Å². The number of nitrogens with one attached hydrogen (secondary N) is 2. The molecule has 8 heteroatoms. The van der Waals surface area contributed by atoms with Crippen LogP contribution in [0.15, 0.2) is 30.6 Å². The van der Waals surface area contributed by atoms with Gasteiger partial charge in [0.05, 0.1) is 12.2 Å². The molecule has 1 fully saturated rings. The molecule has 0 aliphatic carbocycles. The van der Waals surface area contributed by atoms with Gasteiger partial charge in [0.2, 0.25) is 5.82 Å². The summed E-state index contributed by atoms with van der Waals surface area (Å²) in [6.07, 6.45) is 2.23. The summed E-state index contributed by atoms with van der Waals surface area (Å²) in [7, 11) is 0. The maximum Gasteiger partial charge on any atom is 0.412 e. The van der Waals surface area contributed by atoms with E-state index in [1.54, 1.807) is 4.90 Å². The molecule has 1 unspecified atom stereocenters. The number of fused-ring (bicyclic) bond motifs is 2. The quantitative estimate of drug-likeness (QED) is 0.831. The molecule has 23 heavy (non-hydrogen) atoms. The first-order chi connectivity index (χ1) is 11.2. The molecule has 3 heterocycles. The van der Waals surface area contributed by atoms with Crippen LogP contribution in [0, 0.1) is 0 Å². The Morgan fingerprint density at radius 2 is 2.22 bits per heavy atom. The number of carbonyl (C=O) groups excluding carboxylic acids is 2. The molecule has 2 N–H and O–H groups in total. The maximum absolute atomic E-state index is 12.5. The van der Waals surface area contributed by atoms with E-state index in [0.29, 0.717) is 19.5 Å². The fraction of sp³-hybridized carbons (Fsp3) is 0.333. The Morgan fingerprint density at radius 3 is 3.04 bits per heavy atom. The number of rotatable bonds is 1. The number of hydrogen-bond donors (Lipinski definition) is 2. The molecule has 0 saturated carbocycles. The molecule has 1 aromatic heterocycles. The minimum Gasteiger partial charge on any atom is -0.436 e. The summed E-state index contributed by atoms with van der Waals surface area (Å²) in [5.74, 6) is -0.0516. The molecule has 2 aliphatic heterocycles. The lowest BCUT2D eigenvalue weighted by Crippen LogP contribution is -2.53. The lowest BCUT2D eigenvalue weighted by Gasteiger charge is -2.44. The van der Waals surface area contributed by atoms with E-state index in [1.807, 2.05) is 24.3 Å². The van der Waals surface area contributed by atoms with Crippen LogP contribution in [0.4, 0.5) is 10.5 Å². The smallest absolute Gasteiger partial charge is 0.412 e. The second kappa shape index (κ2) is 5.08. The van der Waals surface area contributed by atoms with E-state index in [4.69, 9.17) is 4.74 Å². The van der Waals surface area contributed by atoms with Gasteiger partial charge >= 0.3 is 6.09 Å². The molecule has 4 rings (SSSR count). The number of ether oxygens (including phenoxy) is 1. The van der Waals surface area contributed by atoms with E-state index in [9.17, 15) is 9.59 Å². The van der Waals surface area contributed by atoms with Gasteiger partial charge in [-0.1, -0.05) is 18.2 Å². The van der Waals surface area contributed by atoms with Gasteiger partial charge in [-0.05, 0) is 18.9 Å². The molecular weight excluding hydrogens is 298 g/mol. The fourth-order valence-corrected chi connectivity index (χ4v) is 3.31. The van der Waals surface area contributed by atoms with Crippen molar-refractivity contribution in [2.24, 2.45) is 0 Å².